The van der Waals surface area contributed by atoms with Gasteiger partial charge in [0.25, 0.3) is 0 Å². The molecule has 432 valence electrons. The molecule has 0 unspecified atom stereocenters. The first-order chi connectivity index (χ1) is 39.4. The maximum atomic E-state index is 12.7. The van der Waals surface area contributed by atoms with E-state index in [0.717, 1.165) is 133 Å². The van der Waals surface area contributed by atoms with Gasteiger partial charge in [0.1, 0.15) is 41.9 Å². The highest BCUT2D eigenvalue weighted by molar-refractivity contribution is 5.96. The summed E-state index contributed by atoms with van der Waals surface area (Å²) in [5.41, 5.74) is 5.95. The Morgan fingerprint density at radius 1 is 0.556 bits per heavy atom. The number of fused-ring (bicyclic) bond motifs is 4. The summed E-state index contributed by atoms with van der Waals surface area (Å²) in [6, 6.07) is 25.6. The number of piperidine rings is 1. The van der Waals surface area contributed by atoms with Crippen molar-refractivity contribution in [2.24, 2.45) is 0 Å². The van der Waals surface area contributed by atoms with Crippen molar-refractivity contribution in [2.75, 3.05) is 111 Å². The zero-order valence-electron chi connectivity index (χ0n) is 48.6. The number of aromatic nitrogens is 4. The van der Waals surface area contributed by atoms with Crippen LogP contribution >= 0.6 is 0 Å². The molecular formula is C64H85N11O6. The predicted octanol–water partition coefficient (Wildman–Crippen LogP) is 10.3. The molecule has 0 spiro atoms. The molecule has 4 saturated heterocycles. The van der Waals surface area contributed by atoms with E-state index in [2.05, 4.69) is 67.5 Å². The molecule has 8 heterocycles. The SMILES string of the molecule is CCCN1CCC[C@H]1COc1nc2c(c(N3CCCCC3)n1)CCN(c1cc(O)cc3ccccc13)C2.CCCN1CCC[C@H]1COc1nc2c(c(N3CCN(C(=O)OC(C)(C)C)CC3)n1)CCN(c1cc(O)cc3ccccc13)C2. The minimum Gasteiger partial charge on any atom is -0.508 e. The Morgan fingerprint density at radius 2 is 1.02 bits per heavy atom. The first-order valence-corrected chi connectivity index (χ1v) is 30.3. The third kappa shape index (κ3) is 13.1. The standard InChI is InChI=1S/C34H46N6O4.C30H39N5O2/c1-5-13-37-14-8-10-25(37)23-43-32-35-29-22-40(30-21-26(41)20-24-9-6-7-11-27(24)30)15-12-28(29)31(36-32)38-16-18-39(19-17-38)33(42)44-34(2,3)4;1-2-13-33-16-8-10-23(33)21-37-30-31-27-20-35(28-19-24(36)18-22-9-4-5-11-25(22)28)17-12-26(27)29(32-30)34-14-6-3-7-15-34/h6-7,9,11,20-21,25,41H,5,8,10,12-19,22-23H2,1-4H3;4-5,9,11,18-19,23,36H,2-3,6-8,10,12-17,20-21H2,1H3/t25-;23-/m00/s1. The smallest absolute Gasteiger partial charge is 0.410 e. The number of rotatable bonds is 14. The highest BCUT2D eigenvalue weighted by Gasteiger charge is 2.33. The number of aromatic hydroxyl groups is 2. The lowest BCUT2D eigenvalue weighted by atomic mass is 10.0. The van der Waals surface area contributed by atoms with E-state index in [1.54, 1.807) is 4.90 Å². The third-order valence-corrected chi connectivity index (χ3v) is 17.1. The minimum atomic E-state index is -0.523. The Balaban J connectivity index is 0.000000173. The van der Waals surface area contributed by atoms with Gasteiger partial charge in [0.2, 0.25) is 0 Å². The van der Waals surface area contributed by atoms with Gasteiger partial charge in [0.15, 0.2) is 0 Å². The Kier molecular flexibility index (Phi) is 17.4. The normalized spacial score (nSPS) is 19.8. The zero-order chi connectivity index (χ0) is 56.0. The Morgan fingerprint density at radius 3 is 1.49 bits per heavy atom. The molecule has 2 aromatic heterocycles. The maximum absolute atomic E-state index is 12.7. The molecule has 6 aliphatic heterocycles. The molecule has 0 radical (unpaired) electrons. The minimum absolute atomic E-state index is 0.257. The number of likely N-dealkylation sites (tertiary alicyclic amines) is 2. The molecule has 0 saturated carbocycles. The fourth-order valence-electron chi connectivity index (χ4n) is 13.1. The van der Waals surface area contributed by atoms with Crippen molar-refractivity contribution in [3.05, 3.63) is 95.3 Å². The van der Waals surface area contributed by atoms with Crippen LogP contribution in [0.5, 0.6) is 23.5 Å². The van der Waals surface area contributed by atoms with Crippen LogP contribution in [0.4, 0.5) is 27.8 Å². The topological polar surface area (TPSA) is 159 Å². The summed E-state index contributed by atoms with van der Waals surface area (Å²) >= 11 is 0. The van der Waals surface area contributed by atoms with Gasteiger partial charge >= 0.3 is 18.1 Å². The fraction of sp³-hybridized carbons (Fsp3) is 0.547. The number of carbonyl (C=O) groups is 1. The largest absolute Gasteiger partial charge is 0.508 e. The molecular weight excluding hydrogens is 1020 g/mol. The molecule has 12 rings (SSSR count). The van der Waals surface area contributed by atoms with Gasteiger partial charge in [-0.15, -0.1) is 0 Å². The number of phenolic OH excluding ortho intramolecular Hbond substituents is 2. The van der Waals surface area contributed by atoms with E-state index in [4.69, 9.17) is 34.1 Å². The van der Waals surface area contributed by atoms with Crippen LogP contribution in [0.2, 0.25) is 0 Å². The van der Waals surface area contributed by atoms with E-state index in [9.17, 15) is 15.0 Å². The van der Waals surface area contributed by atoms with Crippen molar-refractivity contribution in [3.8, 4) is 23.5 Å². The molecule has 6 aliphatic rings. The summed E-state index contributed by atoms with van der Waals surface area (Å²) in [5.74, 6) is 2.55. The molecule has 0 bridgehead atoms. The average Bonchev–Trinajstić information content (AvgIpc) is 4.21. The van der Waals surface area contributed by atoms with Gasteiger partial charge in [-0.3, -0.25) is 9.80 Å². The van der Waals surface area contributed by atoms with Crippen molar-refractivity contribution in [2.45, 2.75) is 136 Å². The van der Waals surface area contributed by atoms with Gasteiger partial charge in [0.05, 0.1) is 24.5 Å². The summed E-state index contributed by atoms with van der Waals surface area (Å²) < 4.78 is 18.3. The summed E-state index contributed by atoms with van der Waals surface area (Å²) in [6.07, 6.45) is 12.2. The second-order valence-corrected chi connectivity index (χ2v) is 24.0. The lowest BCUT2D eigenvalue weighted by Gasteiger charge is -2.38. The fourth-order valence-corrected chi connectivity index (χ4v) is 13.1. The van der Waals surface area contributed by atoms with Crippen molar-refractivity contribution >= 4 is 50.6 Å². The van der Waals surface area contributed by atoms with Gasteiger partial charge in [-0.2, -0.15) is 19.9 Å². The Hall–Kier alpha value is -6.85. The lowest BCUT2D eigenvalue weighted by molar-refractivity contribution is 0.0240. The van der Waals surface area contributed by atoms with Gasteiger partial charge in [-0.05, 0) is 140 Å². The number of piperazine rings is 1. The van der Waals surface area contributed by atoms with Crippen molar-refractivity contribution in [3.63, 3.8) is 0 Å². The zero-order valence-corrected chi connectivity index (χ0v) is 48.6. The number of ether oxygens (including phenoxy) is 3. The second-order valence-electron chi connectivity index (χ2n) is 24.0. The van der Waals surface area contributed by atoms with Crippen LogP contribution in [-0.2, 0) is 30.7 Å². The number of hydrogen-bond acceptors (Lipinski definition) is 16. The summed E-state index contributed by atoms with van der Waals surface area (Å²) in [4.78, 5) is 49.0. The first kappa shape index (κ1) is 56.0. The second kappa shape index (κ2) is 25.1. The summed E-state index contributed by atoms with van der Waals surface area (Å²) in [5, 5.41) is 25.3. The molecule has 17 nitrogen and oxygen atoms in total. The number of carbonyl (C=O) groups excluding carboxylic acids is 1. The highest BCUT2D eigenvalue weighted by atomic mass is 16.6. The van der Waals surface area contributed by atoms with Gasteiger partial charge in [0, 0.05) is 110 Å². The molecule has 6 aromatic rings. The average molecular weight is 1100 g/mol. The van der Waals surface area contributed by atoms with E-state index in [0.29, 0.717) is 82.3 Å². The van der Waals surface area contributed by atoms with Crippen LogP contribution in [-0.4, -0.2) is 160 Å². The molecule has 81 heavy (non-hydrogen) atoms. The van der Waals surface area contributed by atoms with Gasteiger partial charge < -0.3 is 48.9 Å². The van der Waals surface area contributed by atoms with Crippen molar-refractivity contribution in [1.82, 2.24) is 34.6 Å². The first-order valence-electron chi connectivity index (χ1n) is 30.3. The molecule has 4 aromatic carbocycles. The van der Waals surface area contributed by atoms with E-state index in [-0.39, 0.29) is 11.8 Å². The van der Waals surface area contributed by atoms with Crippen molar-refractivity contribution in [1.29, 1.82) is 0 Å². The highest BCUT2D eigenvalue weighted by Crippen LogP contribution is 2.39. The van der Waals surface area contributed by atoms with E-state index < -0.39 is 5.60 Å². The van der Waals surface area contributed by atoms with Crippen molar-refractivity contribution < 1.29 is 29.2 Å². The number of phenols is 2. The predicted molar refractivity (Wildman–Crippen MR) is 322 cm³/mol. The number of anilines is 4. The van der Waals surface area contributed by atoms with Crippen LogP contribution < -0.4 is 29.1 Å². The van der Waals surface area contributed by atoms with E-state index in [1.165, 1.54) is 57.1 Å². The third-order valence-electron chi connectivity index (χ3n) is 17.1. The maximum Gasteiger partial charge on any atom is 0.410 e. The number of benzene rings is 4. The molecule has 2 N–H and O–H groups in total. The molecule has 17 heteroatoms. The Labute approximate surface area is 478 Å². The molecule has 2 atom stereocenters. The van der Waals surface area contributed by atoms with Crippen LogP contribution in [0.1, 0.15) is 115 Å². The number of amides is 1. The molecule has 0 aliphatic carbocycles. The van der Waals surface area contributed by atoms with Crippen LogP contribution in [0.15, 0.2) is 72.8 Å². The molecule has 4 fully saturated rings. The van der Waals surface area contributed by atoms with Gasteiger partial charge in [-0.25, -0.2) is 4.79 Å². The molecule has 1 amide bonds. The van der Waals surface area contributed by atoms with Gasteiger partial charge in [-0.1, -0.05) is 62.4 Å². The van der Waals surface area contributed by atoms with E-state index >= 15 is 0 Å². The van der Waals surface area contributed by atoms with E-state index in [1.807, 2.05) is 69.3 Å². The number of hydrogen-bond donors (Lipinski definition) is 2. The van der Waals surface area contributed by atoms with Crippen LogP contribution in [0, 0.1) is 0 Å². The number of nitrogens with zero attached hydrogens (tertiary/aromatic N) is 11. The summed E-state index contributed by atoms with van der Waals surface area (Å²) in [7, 11) is 0. The summed E-state index contributed by atoms with van der Waals surface area (Å²) in [6.45, 7) is 23.4. The van der Waals surface area contributed by atoms with Crippen LogP contribution in [0.3, 0.4) is 0 Å². The monoisotopic (exact) mass is 1100 g/mol. The lowest BCUT2D eigenvalue weighted by Crippen LogP contribution is -2.50. The Bertz CT molecular complexity index is 3140. The quantitative estimate of drug-likeness (QED) is 0.106. The van der Waals surface area contributed by atoms with Crippen LogP contribution in [0.25, 0.3) is 21.5 Å².